The van der Waals surface area contributed by atoms with Crippen LogP contribution in [-0.4, -0.2) is 27.3 Å². The van der Waals surface area contributed by atoms with Crippen molar-refractivity contribution >= 4 is 10.0 Å². The Morgan fingerprint density at radius 2 is 2.00 bits per heavy atom. The Hall–Kier alpha value is -0.130. The molecule has 0 unspecified atom stereocenters. The number of hydrogen-bond acceptors (Lipinski definition) is 3. The summed E-state index contributed by atoms with van der Waals surface area (Å²) >= 11 is 0. The van der Waals surface area contributed by atoms with Crippen molar-refractivity contribution in [2.45, 2.75) is 13.3 Å². The van der Waals surface area contributed by atoms with Gasteiger partial charge in [0, 0.05) is 6.54 Å². The maximum absolute atomic E-state index is 10.3. The fourth-order valence-electron chi connectivity index (χ4n) is 0.516. The maximum Gasteiger partial charge on any atom is 0.210 e. The van der Waals surface area contributed by atoms with Gasteiger partial charge in [-0.1, -0.05) is 6.92 Å². The standard InChI is InChI=1S/C5H14N2O2S/c1-2-3-7-4-5-10(6,8)9/h7H,2-5H2,1H3,(H2,6,8,9). The van der Waals surface area contributed by atoms with Gasteiger partial charge >= 0.3 is 0 Å². The third-order valence-electron chi connectivity index (χ3n) is 0.990. The Kier molecular flexibility index (Phi) is 4.59. The van der Waals surface area contributed by atoms with Crippen molar-refractivity contribution in [1.82, 2.24) is 5.32 Å². The smallest absolute Gasteiger partial charge is 0.210 e. The Bertz CT molecular complexity index is 164. The highest BCUT2D eigenvalue weighted by Crippen LogP contribution is 1.75. The van der Waals surface area contributed by atoms with E-state index >= 15 is 0 Å². The van der Waals surface area contributed by atoms with E-state index < -0.39 is 10.0 Å². The van der Waals surface area contributed by atoms with Gasteiger partial charge in [0.25, 0.3) is 0 Å². The quantitative estimate of drug-likeness (QED) is 0.529. The molecule has 0 aliphatic heterocycles. The molecule has 0 bridgehead atoms. The van der Waals surface area contributed by atoms with E-state index in [4.69, 9.17) is 5.14 Å². The van der Waals surface area contributed by atoms with Crippen LogP contribution in [0.1, 0.15) is 13.3 Å². The highest BCUT2D eigenvalue weighted by atomic mass is 32.2. The summed E-state index contributed by atoms with van der Waals surface area (Å²) in [4.78, 5) is 0. The molecule has 0 rings (SSSR count). The van der Waals surface area contributed by atoms with E-state index in [0.717, 1.165) is 13.0 Å². The van der Waals surface area contributed by atoms with Gasteiger partial charge < -0.3 is 5.32 Å². The second-order valence-electron chi connectivity index (χ2n) is 2.12. The molecule has 62 valence electrons. The lowest BCUT2D eigenvalue weighted by Crippen LogP contribution is -2.27. The van der Waals surface area contributed by atoms with Crippen LogP contribution in [0.4, 0.5) is 0 Å². The van der Waals surface area contributed by atoms with Crippen LogP contribution in [0.3, 0.4) is 0 Å². The summed E-state index contributed by atoms with van der Waals surface area (Å²) in [6, 6.07) is 0. The molecule has 4 nitrogen and oxygen atoms in total. The molecule has 0 aliphatic rings. The molecule has 3 N–H and O–H groups in total. The number of nitrogens with two attached hydrogens (primary N) is 1. The molecule has 0 saturated carbocycles. The first-order valence-corrected chi connectivity index (χ1v) is 4.99. The van der Waals surface area contributed by atoms with E-state index in [1.54, 1.807) is 0 Å². The van der Waals surface area contributed by atoms with Crippen LogP contribution in [0.2, 0.25) is 0 Å². The average Bonchev–Trinajstić information content (AvgIpc) is 1.78. The molecule has 0 saturated heterocycles. The lowest BCUT2D eigenvalue weighted by atomic mass is 10.5. The van der Waals surface area contributed by atoms with Gasteiger partial charge in [-0.05, 0) is 13.0 Å². The lowest BCUT2D eigenvalue weighted by molar-refractivity contribution is 0.592. The van der Waals surface area contributed by atoms with E-state index in [2.05, 4.69) is 5.32 Å². The molecule has 0 spiro atoms. The normalized spacial score (nSPS) is 11.8. The monoisotopic (exact) mass is 166 g/mol. The summed E-state index contributed by atoms with van der Waals surface area (Å²) in [7, 11) is -3.27. The highest BCUT2D eigenvalue weighted by Gasteiger charge is 1.99. The summed E-state index contributed by atoms with van der Waals surface area (Å²) in [6.07, 6.45) is 1.00. The van der Waals surface area contributed by atoms with Crippen molar-refractivity contribution in [3.8, 4) is 0 Å². The highest BCUT2D eigenvalue weighted by molar-refractivity contribution is 7.89. The molecular weight excluding hydrogens is 152 g/mol. The summed E-state index contributed by atoms with van der Waals surface area (Å²) < 4.78 is 20.7. The molecule has 0 aromatic heterocycles. The second-order valence-corrected chi connectivity index (χ2v) is 3.85. The Balaban J connectivity index is 3.21. The maximum atomic E-state index is 10.3. The fraction of sp³-hybridized carbons (Fsp3) is 1.00. The number of sulfonamides is 1. The number of hydrogen-bond donors (Lipinski definition) is 2. The molecule has 0 heterocycles. The fourth-order valence-corrected chi connectivity index (χ4v) is 0.945. The van der Waals surface area contributed by atoms with Crippen molar-refractivity contribution in [3.05, 3.63) is 0 Å². The summed E-state index contributed by atoms with van der Waals surface area (Å²) in [5, 5.41) is 7.68. The van der Waals surface area contributed by atoms with Crippen molar-refractivity contribution in [2.75, 3.05) is 18.8 Å². The van der Waals surface area contributed by atoms with Gasteiger partial charge in [-0.15, -0.1) is 0 Å². The Morgan fingerprint density at radius 3 is 2.40 bits per heavy atom. The van der Waals surface area contributed by atoms with Gasteiger partial charge in [0.05, 0.1) is 5.75 Å². The third-order valence-corrected chi connectivity index (χ3v) is 1.76. The van der Waals surface area contributed by atoms with E-state index in [9.17, 15) is 8.42 Å². The van der Waals surface area contributed by atoms with Gasteiger partial charge in [0.2, 0.25) is 10.0 Å². The zero-order valence-electron chi connectivity index (χ0n) is 6.13. The summed E-state index contributed by atoms with van der Waals surface area (Å²) in [5.41, 5.74) is 0. The zero-order valence-corrected chi connectivity index (χ0v) is 6.95. The third kappa shape index (κ3) is 7.87. The first-order valence-electron chi connectivity index (χ1n) is 3.27. The molecule has 0 radical (unpaired) electrons. The molecule has 10 heavy (non-hydrogen) atoms. The number of primary sulfonamides is 1. The van der Waals surface area contributed by atoms with E-state index in [1.165, 1.54) is 0 Å². The van der Waals surface area contributed by atoms with E-state index in [-0.39, 0.29) is 5.75 Å². The Morgan fingerprint density at radius 1 is 1.40 bits per heavy atom. The minimum Gasteiger partial charge on any atom is -0.316 e. The molecule has 0 aliphatic carbocycles. The van der Waals surface area contributed by atoms with Crippen LogP contribution in [0.5, 0.6) is 0 Å². The van der Waals surface area contributed by atoms with Crippen molar-refractivity contribution in [1.29, 1.82) is 0 Å². The predicted molar refractivity (Wildman–Crippen MR) is 41.1 cm³/mol. The van der Waals surface area contributed by atoms with Crippen LogP contribution < -0.4 is 10.5 Å². The number of nitrogens with one attached hydrogen (secondary N) is 1. The molecular formula is C5H14N2O2S. The number of rotatable bonds is 5. The minimum atomic E-state index is -3.27. The molecule has 0 amide bonds. The van der Waals surface area contributed by atoms with Crippen LogP contribution in [0.15, 0.2) is 0 Å². The van der Waals surface area contributed by atoms with Crippen LogP contribution >= 0.6 is 0 Å². The van der Waals surface area contributed by atoms with E-state index in [1.807, 2.05) is 6.92 Å². The minimum absolute atomic E-state index is 0.0208. The first kappa shape index (κ1) is 9.87. The average molecular weight is 166 g/mol. The van der Waals surface area contributed by atoms with Gasteiger partial charge in [0.1, 0.15) is 0 Å². The molecule has 0 aromatic rings. The zero-order chi connectivity index (χ0) is 8.04. The van der Waals surface area contributed by atoms with Gasteiger partial charge in [-0.3, -0.25) is 0 Å². The summed E-state index contributed by atoms with van der Waals surface area (Å²) in [6.45, 7) is 3.31. The van der Waals surface area contributed by atoms with E-state index in [0.29, 0.717) is 6.54 Å². The SMILES string of the molecule is CCCNCCS(N)(=O)=O. The van der Waals surface area contributed by atoms with Crippen LogP contribution in [-0.2, 0) is 10.0 Å². The van der Waals surface area contributed by atoms with Crippen LogP contribution in [0.25, 0.3) is 0 Å². The molecule has 0 aromatic carbocycles. The Labute approximate surface area is 61.8 Å². The van der Waals surface area contributed by atoms with Crippen molar-refractivity contribution in [2.24, 2.45) is 5.14 Å². The molecule has 0 fully saturated rings. The van der Waals surface area contributed by atoms with Gasteiger partial charge in [-0.2, -0.15) is 0 Å². The second kappa shape index (κ2) is 4.65. The van der Waals surface area contributed by atoms with Crippen molar-refractivity contribution in [3.63, 3.8) is 0 Å². The van der Waals surface area contributed by atoms with Crippen molar-refractivity contribution < 1.29 is 8.42 Å². The predicted octanol–water partition coefficient (Wildman–Crippen LogP) is -0.725. The molecule has 0 atom stereocenters. The van der Waals surface area contributed by atoms with Crippen LogP contribution in [0, 0.1) is 0 Å². The summed E-state index contributed by atoms with van der Waals surface area (Å²) in [5.74, 6) is 0.0208. The largest absolute Gasteiger partial charge is 0.316 e. The van der Waals surface area contributed by atoms with Gasteiger partial charge in [0.15, 0.2) is 0 Å². The van der Waals surface area contributed by atoms with Gasteiger partial charge in [-0.25, -0.2) is 13.6 Å². The lowest BCUT2D eigenvalue weighted by Gasteiger charge is -1.99. The topological polar surface area (TPSA) is 72.2 Å². The molecule has 5 heteroatoms. The first-order chi connectivity index (χ1) is 4.56.